The van der Waals surface area contributed by atoms with Gasteiger partial charge in [0, 0.05) is 7.11 Å². The highest BCUT2D eigenvalue weighted by Crippen LogP contribution is 2.35. The average molecular weight is 155 g/mol. The average Bonchev–Trinajstić information content (AvgIpc) is 1.83. The summed E-state index contributed by atoms with van der Waals surface area (Å²) >= 11 is 0. The Balaban J connectivity index is 2.13. The third kappa shape index (κ3) is 2.48. The molecule has 2 unspecified atom stereocenters. The molecular weight excluding hydrogens is 136 g/mol. The van der Waals surface area contributed by atoms with Gasteiger partial charge in [0.05, 0.1) is 6.10 Å². The van der Waals surface area contributed by atoms with Crippen molar-refractivity contribution in [3.63, 3.8) is 0 Å². The predicted molar refractivity (Wildman–Crippen MR) is 47.3 cm³/mol. The molecule has 0 aromatic carbocycles. The maximum absolute atomic E-state index is 5.20. The first kappa shape index (κ1) is 9.05. The van der Waals surface area contributed by atoms with Crippen molar-refractivity contribution in [3.05, 3.63) is 6.92 Å². The van der Waals surface area contributed by atoms with Crippen LogP contribution in [0.15, 0.2) is 0 Å². The third-order valence-electron chi connectivity index (χ3n) is 2.85. The van der Waals surface area contributed by atoms with Crippen LogP contribution in [0.1, 0.15) is 32.6 Å². The van der Waals surface area contributed by atoms with Crippen molar-refractivity contribution >= 4 is 0 Å². The van der Waals surface area contributed by atoms with E-state index in [-0.39, 0.29) is 0 Å². The lowest BCUT2D eigenvalue weighted by atomic mass is 9.75. The molecule has 1 radical (unpaired) electrons. The normalized spacial score (nSPS) is 24.3. The minimum atomic E-state index is 0.387. The number of hydrogen-bond acceptors (Lipinski definition) is 1. The van der Waals surface area contributed by atoms with Gasteiger partial charge in [0.2, 0.25) is 0 Å². The van der Waals surface area contributed by atoms with E-state index in [1.165, 1.54) is 19.3 Å². The van der Waals surface area contributed by atoms with Crippen molar-refractivity contribution in [2.75, 3.05) is 7.11 Å². The van der Waals surface area contributed by atoms with Gasteiger partial charge in [-0.05, 0) is 32.1 Å². The van der Waals surface area contributed by atoms with Crippen molar-refractivity contribution in [2.45, 2.75) is 38.7 Å². The van der Waals surface area contributed by atoms with Crippen molar-refractivity contribution in [1.29, 1.82) is 0 Å². The molecule has 1 aliphatic rings. The van der Waals surface area contributed by atoms with E-state index in [1.54, 1.807) is 7.11 Å². The van der Waals surface area contributed by atoms with E-state index in [4.69, 9.17) is 4.74 Å². The minimum Gasteiger partial charge on any atom is -0.382 e. The van der Waals surface area contributed by atoms with Gasteiger partial charge in [-0.3, -0.25) is 0 Å². The standard InChI is InChI=1S/C10H19O/c1-8(7-9(2)11-3)10-5-4-6-10/h8-10H,1,4-7H2,2-3H3. The van der Waals surface area contributed by atoms with Gasteiger partial charge in [0.15, 0.2) is 0 Å². The number of rotatable bonds is 4. The van der Waals surface area contributed by atoms with Crippen molar-refractivity contribution in [2.24, 2.45) is 11.8 Å². The lowest BCUT2D eigenvalue weighted by Gasteiger charge is -2.32. The first-order valence-electron chi connectivity index (χ1n) is 4.60. The lowest BCUT2D eigenvalue weighted by molar-refractivity contribution is 0.0814. The van der Waals surface area contributed by atoms with Crippen LogP contribution in [-0.4, -0.2) is 13.2 Å². The van der Waals surface area contributed by atoms with Gasteiger partial charge in [-0.25, -0.2) is 0 Å². The Hall–Kier alpha value is -0.0400. The second-order valence-electron chi connectivity index (χ2n) is 3.73. The summed E-state index contributed by atoms with van der Waals surface area (Å²) in [5.74, 6) is 1.52. The summed E-state index contributed by atoms with van der Waals surface area (Å²) < 4.78 is 5.20. The lowest BCUT2D eigenvalue weighted by Crippen LogP contribution is -2.23. The van der Waals surface area contributed by atoms with Gasteiger partial charge >= 0.3 is 0 Å². The highest BCUT2D eigenvalue weighted by Gasteiger charge is 2.24. The maximum Gasteiger partial charge on any atom is 0.0546 e. The van der Waals surface area contributed by atoms with E-state index >= 15 is 0 Å². The molecule has 65 valence electrons. The van der Waals surface area contributed by atoms with Gasteiger partial charge in [0.1, 0.15) is 0 Å². The molecule has 11 heavy (non-hydrogen) atoms. The molecular formula is C10H19O. The van der Waals surface area contributed by atoms with Crippen molar-refractivity contribution in [1.82, 2.24) is 0 Å². The largest absolute Gasteiger partial charge is 0.382 e. The van der Waals surface area contributed by atoms with Gasteiger partial charge in [-0.1, -0.05) is 19.3 Å². The molecule has 0 saturated heterocycles. The van der Waals surface area contributed by atoms with Crippen molar-refractivity contribution in [3.8, 4) is 0 Å². The van der Waals surface area contributed by atoms with E-state index < -0.39 is 0 Å². The highest BCUT2D eigenvalue weighted by molar-refractivity contribution is 4.80. The van der Waals surface area contributed by atoms with Gasteiger partial charge in [-0.15, -0.1) is 0 Å². The molecule has 1 rings (SSSR count). The summed E-state index contributed by atoms with van der Waals surface area (Å²) in [7, 11) is 1.78. The molecule has 2 atom stereocenters. The van der Waals surface area contributed by atoms with Gasteiger partial charge in [0.25, 0.3) is 0 Å². The molecule has 1 aliphatic carbocycles. The first-order chi connectivity index (χ1) is 5.24. The Bertz CT molecular complexity index is 107. The Morgan fingerprint density at radius 3 is 2.55 bits per heavy atom. The van der Waals surface area contributed by atoms with Crippen LogP contribution in [0, 0.1) is 18.8 Å². The SMILES string of the molecule is [CH2]C(CC(C)OC)C1CCC1. The zero-order valence-electron chi connectivity index (χ0n) is 7.68. The van der Waals surface area contributed by atoms with Crippen LogP contribution >= 0.6 is 0 Å². The third-order valence-corrected chi connectivity index (χ3v) is 2.85. The second kappa shape index (κ2) is 4.10. The second-order valence-corrected chi connectivity index (χ2v) is 3.73. The van der Waals surface area contributed by atoms with Crippen LogP contribution in [0.5, 0.6) is 0 Å². The minimum absolute atomic E-state index is 0.387. The van der Waals surface area contributed by atoms with Crippen LogP contribution in [0.3, 0.4) is 0 Å². The number of hydrogen-bond donors (Lipinski definition) is 0. The molecule has 0 aromatic heterocycles. The fourth-order valence-electron chi connectivity index (χ4n) is 1.63. The summed E-state index contributed by atoms with van der Waals surface area (Å²) in [5.41, 5.74) is 0. The molecule has 1 saturated carbocycles. The van der Waals surface area contributed by atoms with Gasteiger partial charge in [-0.2, -0.15) is 0 Å². The number of methoxy groups -OCH3 is 1. The fourth-order valence-corrected chi connectivity index (χ4v) is 1.63. The number of ether oxygens (including phenoxy) is 1. The predicted octanol–water partition coefficient (Wildman–Crippen LogP) is 2.66. The van der Waals surface area contributed by atoms with E-state index in [0.29, 0.717) is 12.0 Å². The van der Waals surface area contributed by atoms with Crippen LogP contribution in [0.2, 0.25) is 0 Å². The summed E-state index contributed by atoms with van der Waals surface area (Å²) in [5, 5.41) is 0. The molecule has 0 bridgehead atoms. The maximum atomic E-state index is 5.20. The van der Waals surface area contributed by atoms with Crippen LogP contribution in [0.25, 0.3) is 0 Å². The van der Waals surface area contributed by atoms with Crippen LogP contribution in [0.4, 0.5) is 0 Å². The molecule has 0 aromatic rings. The fraction of sp³-hybridized carbons (Fsp3) is 0.900. The topological polar surface area (TPSA) is 9.23 Å². The van der Waals surface area contributed by atoms with E-state index in [9.17, 15) is 0 Å². The zero-order chi connectivity index (χ0) is 8.27. The van der Waals surface area contributed by atoms with E-state index in [2.05, 4.69) is 13.8 Å². The van der Waals surface area contributed by atoms with E-state index in [0.717, 1.165) is 12.3 Å². The van der Waals surface area contributed by atoms with Crippen LogP contribution < -0.4 is 0 Å². The smallest absolute Gasteiger partial charge is 0.0546 e. The van der Waals surface area contributed by atoms with Crippen molar-refractivity contribution < 1.29 is 4.74 Å². The molecule has 1 fully saturated rings. The summed E-state index contributed by atoms with van der Waals surface area (Å²) in [6.45, 7) is 6.29. The molecule has 1 heteroatoms. The summed E-state index contributed by atoms with van der Waals surface area (Å²) in [6.07, 6.45) is 5.71. The molecule has 0 amide bonds. The van der Waals surface area contributed by atoms with Gasteiger partial charge < -0.3 is 4.74 Å². The highest BCUT2D eigenvalue weighted by atomic mass is 16.5. The Morgan fingerprint density at radius 2 is 2.18 bits per heavy atom. The first-order valence-corrected chi connectivity index (χ1v) is 4.60. The monoisotopic (exact) mass is 155 g/mol. The Morgan fingerprint density at radius 1 is 1.55 bits per heavy atom. The quantitative estimate of drug-likeness (QED) is 0.606. The molecule has 0 N–H and O–H groups in total. The Kier molecular flexibility index (Phi) is 3.38. The molecule has 0 heterocycles. The molecule has 0 spiro atoms. The molecule has 1 nitrogen and oxygen atoms in total. The van der Waals surface area contributed by atoms with E-state index in [1.807, 2.05) is 0 Å². The Labute approximate surface area is 70.1 Å². The summed E-state index contributed by atoms with van der Waals surface area (Å²) in [6, 6.07) is 0. The van der Waals surface area contributed by atoms with Crippen LogP contribution in [-0.2, 0) is 4.74 Å². The molecule has 0 aliphatic heterocycles. The summed E-state index contributed by atoms with van der Waals surface area (Å²) in [4.78, 5) is 0. The zero-order valence-corrected chi connectivity index (χ0v) is 7.68.